The number of nitrogens with zero attached hydrogens (tertiary/aromatic N) is 2. The zero-order chi connectivity index (χ0) is 15.2. The minimum absolute atomic E-state index is 0.224. The Kier molecular flexibility index (Phi) is 2.89. The number of benzene rings is 2. The quantitative estimate of drug-likeness (QED) is 0.682. The van der Waals surface area contributed by atoms with Crippen molar-refractivity contribution in [3.63, 3.8) is 0 Å². The van der Waals surface area contributed by atoms with E-state index in [0.29, 0.717) is 5.56 Å². The molecule has 2 aromatic carbocycles. The van der Waals surface area contributed by atoms with Crippen molar-refractivity contribution < 1.29 is 4.79 Å². The lowest BCUT2D eigenvalue weighted by atomic mass is 10.1. The van der Waals surface area contributed by atoms with Gasteiger partial charge in [-0.15, -0.1) is 0 Å². The van der Waals surface area contributed by atoms with E-state index in [1.807, 2.05) is 30.3 Å². The molecule has 110 valence electrons. The molecule has 0 aliphatic heterocycles. The molecule has 1 aromatic heterocycles. The molecule has 0 N–H and O–H groups in total. The third-order valence-electron chi connectivity index (χ3n) is 4.65. The first-order valence-corrected chi connectivity index (χ1v) is 7.69. The highest BCUT2D eigenvalue weighted by Gasteiger charge is 2.43. The Balaban J connectivity index is 1.80. The van der Waals surface area contributed by atoms with Gasteiger partial charge in [0.1, 0.15) is 12.1 Å². The molecule has 0 atom stereocenters. The molecule has 1 aliphatic rings. The van der Waals surface area contributed by atoms with E-state index >= 15 is 0 Å². The minimum Gasteiger partial charge on any atom is -0.323 e. The second-order valence-electron chi connectivity index (χ2n) is 6.43. The highest BCUT2D eigenvalue weighted by molar-refractivity contribution is 5.77. The van der Waals surface area contributed by atoms with Gasteiger partial charge in [-0.1, -0.05) is 43.3 Å². The fourth-order valence-electron chi connectivity index (χ4n) is 2.99. The van der Waals surface area contributed by atoms with E-state index in [1.54, 1.807) is 0 Å². The number of carbonyl (C=O) groups excluding carboxylic acids is 1. The lowest BCUT2D eigenvalue weighted by Gasteiger charge is -2.13. The zero-order valence-corrected chi connectivity index (χ0v) is 12.6. The Morgan fingerprint density at radius 3 is 2.55 bits per heavy atom. The van der Waals surface area contributed by atoms with Crippen molar-refractivity contribution in [1.82, 2.24) is 9.55 Å². The molecule has 1 heterocycles. The van der Waals surface area contributed by atoms with Gasteiger partial charge in [-0.25, -0.2) is 4.98 Å². The van der Waals surface area contributed by atoms with Gasteiger partial charge in [0.15, 0.2) is 0 Å². The first-order valence-electron chi connectivity index (χ1n) is 7.69. The molecule has 0 bridgehead atoms. The second kappa shape index (κ2) is 4.80. The molecule has 0 amide bonds. The zero-order valence-electron chi connectivity index (χ0n) is 12.6. The molecule has 3 heteroatoms. The van der Waals surface area contributed by atoms with E-state index < -0.39 is 0 Å². The van der Waals surface area contributed by atoms with Crippen LogP contribution >= 0.6 is 0 Å². The summed E-state index contributed by atoms with van der Waals surface area (Å²) < 4.78 is 2.33. The molecule has 1 fully saturated rings. The summed E-state index contributed by atoms with van der Waals surface area (Å²) >= 11 is 0. The number of rotatable bonds is 4. The Morgan fingerprint density at radius 2 is 1.86 bits per heavy atom. The third kappa shape index (κ3) is 2.13. The van der Waals surface area contributed by atoms with E-state index in [-0.39, 0.29) is 5.41 Å². The van der Waals surface area contributed by atoms with Crippen molar-refractivity contribution >= 4 is 17.3 Å². The smallest absolute Gasteiger partial charge is 0.150 e. The maximum absolute atomic E-state index is 10.8. The molecule has 3 nitrogen and oxygen atoms in total. The fraction of sp³-hybridized carbons (Fsp3) is 0.263. The molecular weight excluding hydrogens is 272 g/mol. The largest absolute Gasteiger partial charge is 0.323 e. The van der Waals surface area contributed by atoms with Gasteiger partial charge in [-0.3, -0.25) is 4.79 Å². The predicted molar refractivity (Wildman–Crippen MR) is 87.3 cm³/mol. The van der Waals surface area contributed by atoms with Gasteiger partial charge < -0.3 is 4.57 Å². The van der Waals surface area contributed by atoms with Crippen LogP contribution in [0.15, 0.2) is 48.5 Å². The Labute approximate surface area is 129 Å². The number of fused-ring (bicyclic) bond motifs is 1. The van der Waals surface area contributed by atoms with E-state index in [9.17, 15) is 4.79 Å². The molecule has 0 saturated heterocycles. The summed E-state index contributed by atoms with van der Waals surface area (Å²) in [7, 11) is 0. The maximum atomic E-state index is 10.8. The minimum atomic E-state index is 0.224. The summed E-state index contributed by atoms with van der Waals surface area (Å²) in [6.45, 7) is 3.09. The van der Waals surface area contributed by atoms with Crippen LogP contribution in [0.2, 0.25) is 0 Å². The lowest BCUT2D eigenvalue weighted by Crippen LogP contribution is -2.12. The molecule has 0 radical (unpaired) electrons. The van der Waals surface area contributed by atoms with Crippen molar-refractivity contribution in [2.45, 2.75) is 31.7 Å². The van der Waals surface area contributed by atoms with Gasteiger partial charge in [-0.2, -0.15) is 0 Å². The maximum Gasteiger partial charge on any atom is 0.150 e. The van der Waals surface area contributed by atoms with Crippen molar-refractivity contribution in [1.29, 1.82) is 0 Å². The summed E-state index contributed by atoms with van der Waals surface area (Å²) in [5.74, 6) is 1.19. The van der Waals surface area contributed by atoms with Crippen molar-refractivity contribution in [3.8, 4) is 0 Å². The summed E-state index contributed by atoms with van der Waals surface area (Å²) in [6, 6.07) is 16.1. The number of para-hydroxylation sites is 2. The topological polar surface area (TPSA) is 34.9 Å². The van der Waals surface area contributed by atoms with E-state index in [0.717, 1.165) is 18.3 Å². The fourth-order valence-corrected chi connectivity index (χ4v) is 2.99. The first-order chi connectivity index (χ1) is 10.7. The second-order valence-corrected chi connectivity index (χ2v) is 6.43. The molecule has 3 aromatic rings. The van der Waals surface area contributed by atoms with E-state index in [1.165, 1.54) is 29.7 Å². The highest BCUT2D eigenvalue weighted by Crippen LogP contribution is 2.47. The lowest BCUT2D eigenvalue weighted by molar-refractivity contribution is 0.112. The van der Waals surface area contributed by atoms with Crippen LogP contribution < -0.4 is 0 Å². The summed E-state index contributed by atoms with van der Waals surface area (Å²) in [4.78, 5) is 15.7. The van der Waals surface area contributed by atoms with Gasteiger partial charge in [0.2, 0.25) is 0 Å². The molecule has 22 heavy (non-hydrogen) atoms. The Bertz CT molecular complexity index is 842. The number of carbonyl (C=O) groups is 1. The van der Waals surface area contributed by atoms with Crippen LogP contribution in [0.25, 0.3) is 11.0 Å². The third-order valence-corrected chi connectivity index (χ3v) is 4.65. The Hall–Kier alpha value is -2.42. The van der Waals surface area contributed by atoms with Gasteiger partial charge in [0, 0.05) is 17.5 Å². The summed E-state index contributed by atoms with van der Waals surface area (Å²) in [5, 5.41) is 0. The van der Waals surface area contributed by atoms with Gasteiger partial charge >= 0.3 is 0 Å². The van der Waals surface area contributed by atoms with E-state index in [4.69, 9.17) is 4.98 Å². The number of aldehydes is 1. The van der Waals surface area contributed by atoms with Crippen LogP contribution in [-0.2, 0) is 12.0 Å². The predicted octanol–water partition coefficient (Wildman–Crippen LogP) is 3.95. The van der Waals surface area contributed by atoms with Gasteiger partial charge in [-0.05, 0) is 30.5 Å². The molecular formula is C19H18N2O. The van der Waals surface area contributed by atoms with Crippen LogP contribution in [0.4, 0.5) is 0 Å². The molecule has 1 aliphatic carbocycles. The van der Waals surface area contributed by atoms with Crippen molar-refractivity contribution in [2.75, 3.05) is 0 Å². The SMILES string of the molecule is CC1(c2nc3ccccc3n2Cc2ccc(C=O)cc2)CC1. The van der Waals surface area contributed by atoms with E-state index in [2.05, 4.69) is 29.7 Å². The summed E-state index contributed by atoms with van der Waals surface area (Å²) in [5.41, 5.74) is 4.38. The highest BCUT2D eigenvalue weighted by atomic mass is 16.1. The molecule has 4 rings (SSSR count). The number of hydrogen-bond acceptors (Lipinski definition) is 2. The van der Waals surface area contributed by atoms with Crippen LogP contribution in [-0.4, -0.2) is 15.8 Å². The average molecular weight is 290 g/mol. The molecule has 1 saturated carbocycles. The number of hydrogen-bond donors (Lipinski definition) is 0. The normalized spacial score (nSPS) is 15.9. The standard InChI is InChI=1S/C19H18N2O/c1-19(10-11-19)18-20-16-4-2-3-5-17(16)21(18)12-14-6-8-15(13-22)9-7-14/h2-9,13H,10-12H2,1H3. The monoisotopic (exact) mass is 290 g/mol. The average Bonchev–Trinajstić information content (AvgIpc) is 3.19. The molecule has 0 spiro atoms. The number of imidazole rings is 1. The molecule has 0 unspecified atom stereocenters. The van der Waals surface area contributed by atoms with Crippen molar-refractivity contribution in [3.05, 3.63) is 65.5 Å². The van der Waals surface area contributed by atoms with Gasteiger partial charge in [0.25, 0.3) is 0 Å². The van der Waals surface area contributed by atoms with Gasteiger partial charge in [0.05, 0.1) is 11.0 Å². The van der Waals surface area contributed by atoms with Crippen LogP contribution in [0, 0.1) is 0 Å². The van der Waals surface area contributed by atoms with Crippen molar-refractivity contribution in [2.24, 2.45) is 0 Å². The van der Waals surface area contributed by atoms with Crippen LogP contribution in [0.1, 0.15) is 41.5 Å². The first kappa shape index (κ1) is 13.3. The van der Waals surface area contributed by atoms with Crippen LogP contribution in [0.3, 0.4) is 0 Å². The Morgan fingerprint density at radius 1 is 1.14 bits per heavy atom. The van der Waals surface area contributed by atoms with Crippen LogP contribution in [0.5, 0.6) is 0 Å². The number of aromatic nitrogens is 2. The summed E-state index contributed by atoms with van der Waals surface area (Å²) in [6.07, 6.45) is 3.30.